The third-order valence-electron chi connectivity index (χ3n) is 8.15. The van der Waals surface area contributed by atoms with Crippen molar-refractivity contribution in [2.75, 3.05) is 6.61 Å². The first kappa shape index (κ1) is 49.3. The zero-order valence-corrected chi connectivity index (χ0v) is 30.9. The summed E-state index contributed by atoms with van der Waals surface area (Å²) in [7, 11) is -4.71. The van der Waals surface area contributed by atoms with Crippen LogP contribution in [-0.4, -0.2) is 39.6 Å². The summed E-state index contributed by atoms with van der Waals surface area (Å²) in [4.78, 5) is 30.7. The van der Waals surface area contributed by atoms with Gasteiger partial charge in [0.2, 0.25) is 5.91 Å². The van der Waals surface area contributed by atoms with E-state index in [2.05, 4.69) is 35.8 Å². The minimum Gasteiger partial charge on any atom is -0.387 e. The van der Waals surface area contributed by atoms with Crippen LogP contribution < -0.4 is 17.6 Å². The van der Waals surface area contributed by atoms with Gasteiger partial charge in [-0.05, 0) is 44.9 Å². The van der Waals surface area contributed by atoms with Crippen molar-refractivity contribution in [1.29, 1.82) is 0 Å². The van der Waals surface area contributed by atoms with Gasteiger partial charge in [-0.3, -0.25) is 9.32 Å². The molecule has 0 radical (unpaired) electrons. The fourth-order valence-corrected chi connectivity index (χ4v) is 5.69. The van der Waals surface area contributed by atoms with Crippen LogP contribution in [-0.2, 0) is 13.9 Å². The average molecular weight is 678 g/mol. The monoisotopic (exact) mass is 678 g/mol. The summed E-state index contributed by atoms with van der Waals surface area (Å²) >= 11 is 0. The average Bonchev–Trinajstić information content (AvgIpc) is 2.99. The van der Waals surface area contributed by atoms with Crippen molar-refractivity contribution >= 4 is 13.7 Å². The van der Waals surface area contributed by atoms with Gasteiger partial charge in [0, 0.05) is 6.42 Å². The zero-order chi connectivity index (χ0) is 32.6. The Morgan fingerprint density at radius 3 is 1.41 bits per heavy atom. The van der Waals surface area contributed by atoms with Crippen LogP contribution in [0.3, 0.4) is 0 Å². The fourth-order valence-electron chi connectivity index (χ4n) is 5.33. The molecule has 0 rings (SSSR count). The van der Waals surface area contributed by atoms with Gasteiger partial charge in [-0.2, -0.15) is 0 Å². The van der Waals surface area contributed by atoms with Gasteiger partial charge in [0.15, 0.2) is 0 Å². The van der Waals surface area contributed by atoms with Crippen LogP contribution in [0.25, 0.3) is 0 Å². The number of phosphoric ester groups is 1. The molecular weight excluding hydrogens is 601 g/mol. The molecule has 10 heteroatoms. The van der Waals surface area contributed by atoms with Crippen LogP contribution in [0.5, 0.6) is 0 Å². The van der Waals surface area contributed by atoms with Crippen molar-refractivity contribution in [2.24, 2.45) is 0 Å². The van der Waals surface area contributed by atoms with Crippen LogP contribution in [0.15, 0.2) is 24.3 Å². The summed E-state index contributed by atoms with van der Waals surface area (Å²) in [5, 5.41) is 13.3. The van der Waals surface area contributed by atoms with E-state index in [1.54, 1.807) is 6.08 Å². The highest BCUT2D eigenvalue weighted by molar-refractivity contribution is 7.46. The number of allylic oxidation sites excluding steroid dienone is 3. The van der Waals surface area contributed by atoms with Crippen LogP contribution in [0.1, 0.15) is 181 Å². The van der Waals surface area contributed by atoms with Crippen LogP contribution in [0.4, 0.5) is 0 Å². The summed E-state index contributed by atoms with van der Waals surface area (Å²) < 4.78 is 15.8. The van der Waals surface area contributed by atoms with Crippen LogP contribution in [0.2, 0.25) is 0 Å². The molecule has 0 aliphatic heterocycles. The number of hydrogen-bond acceptors (Lipinski definition) is 6. The van der Waals surface area contributed by atoms with E-state index in [0.717, 1.165) is 51.4 Å². The highest BCUT2D eigenvalue weighted by Gasteiger charge is 2.24. The predicted octanol–water partition coefficient (Wildman–Crippen LogP) is 10.6. The molecule has 9 nitrogen and oxygen atoms in total. The van der Waals surface area contributed by atoms with E-state index in [-0.39, 0.29) is 18.2 Å². The molecule has 0 aromatic carbocycles. The zero-order valence-electron chi connectivity index (χ0n) is 30.0. The minimum atomic E-state index is -4.71. The highest BCUT2D eigenvalue weighted by Crippen LogP contribution is 2.35. The van der Waals surface area contributed by atoms with E-state index in [4.69, 9.17) is 9.79 Å². The van der Waals surface area contributed by atoms with Crippen molar-refractivity contribution in [3.8, 4) is 0 Å². The Morgan fingerprint density at radius 1 is 0.630 bits per heavy atom. The molecule has 0 bridgehead atoms. The topological polar surface area (TPSA) is 186 Å². The molecule has 0 fully saturated rings. The Morgan fingerprint density at radius 2 is 1.00 bits per heavy atom. The Balaban J connectivity index is -0.00000924. The molecule has 10 N–H and O–H groups in total. The molecule has 2 atom stereocenters. The molecule has 0 aliphatic carbocycles. The SMILES string of the molecule is CCCCCCCC/C=C\CCCCCCCC(=O)N[C@@H](COP(=O)(O)O)[C@H](O)/C=C/CCCCCCCCCCCCC.N.N. The van der Waals surface area contributed by atoms with Crippen molar-refractivity contribution in [3.63, 3.8) is 0 Å². The molecule has 0 spiro atoms. The summed E-state index contributed by atoms with van der Waals surface area (Å²) in [5.74, 6) is -0.236. The van der Waals surface area contributed by atoms with E-state index >= 15 is 0 Å². The van der Waals surface area contributed by atoms with E-state index in [9.17, 15) is 14.5 Å². The molecule has 0 saturated carbocycles. The fraction of sp³-hybridized carbons (Fsp3) is 0.861. The van der Waals surface area contributed by atoms with E-state index in [1.807, 2.05) is 6.08 Å². The van der Waals surface area contributed by atoms with Gasteiger partial charge in [0.05, 0.1) is 18.8 Å². The molecule has 0 aromatic rings. The first-order valence-electron chi connectivity index (χ1n) is 18.3. The number of rotatable bonds is 33. The lowest BCUT2D eigenvalue weighted by molar-refractivity contribution is -0.123. The van der Waals surface area contributed by atoms with Gasteiger partial charge in [0.25, 0.3) is 0 Å². The van der Waals surface area contributed by atoms with Crippen molar-refractivity contribution < 1.29 is 28.8 Å². The second kappa shape index (κ2) is 36.8. The first-order chi connectivity index (χ1) is 21.3. The van der Waals surface area contributed by atoms with Gasteiger partial charge in [-0.1, -0.05) is 154 Å². The lowest BCUT2D eigenvalue weighted by atomic mass is 10.0. The molecule has 0 saturated heterocycles. The normalized spacial score (nSPS) is 13.1. The van der Waals surface area contributed by atoms with Crippen molar-refractivity contribution in [1.82, 2.24) is 17.6 Å². The number of amides is 1. The number of hydrogen-bond donors (Lipinski definition) is 6. The Kier molecular flexibility index (Phi) is 39.4. The maximum absolute atomic E-state index is 12.5. The number of nitrogens with one attached hydrogen (secondary N) is 1. The first-order valence-corrected chi connectivity index (χ1v) is 19.8. The molecule has 0 heterocycles. The third-order valence-corrected chi connectivity index (χ3v) is 8.64. The van der Waals surface area contributed by atoms with Gasteiger partial charge < -0.3 is 32.5 Å². The summed E-state index contributed by atoms with van der Waals surface area (Å²) in [5.41, 5.74) is 0. The second-order valence-corrected chi connectivity index (χ2v) is 13.8. The highest BCUT2D eigenvalue weighted by atomic mass is 31.2. The summed E-state index contributed by atoms with van der Waals surface area (Å²) in [6.07, 6.45) is 37.6. The summed E-state index contributed by atoms with van der Waals surface area (Å²) in [6, 6.07) is -0.910. The number of aliphatic hydroxyl groups is 1. The maximum atomic E-state index is 12.5. The standard InChI is InChI=1S/C36H70NO6P.2H3N/c1-3-5-7-9-11-13-15-17-18-20-22-24-26-28-30-32-36(39)37-34(33-43-44(40,41)42)35(38)31-29-27-25-23-21-19-16-14-12-10-8-6-4-2;;/h17-18,29,31,34-35,38H,3-16,19-28,30,32-33H2,1-2H3,(H,37,39)(H2,40,41,42);2*1H3/b18-17-,31-29+;;/t34-,35+;;/m0../s1. The molecule has 46 heavy (non-hydrogen) atoms. The van der Waals surface area contributed by atoms with Gasteiger partial charge >= 0.3 is 7.82 Å². The van der Waals surface area contributed by atoms with Crippen molar-refractivity contribution in [3.05, 3.63) is 24.3 Å². The molecular formula is C36H76N3O6P. The Hall–Kier alpha value is -1.06. The predicted molar refractivity (Wildman–Crippen MR) is 196 cm³/mol. The summed E-state index contributed by atoms with van der Waals surface area (Å²) in [6.45, 7) is 4.04. The van der Waals surface area contributed by atoms with E-state index < -0.39 is 26.6 Å². The molecule has 1 amide bonds. The number of phosphoric acid groups is 1. The number of carbonyl (C=O) groups excluding carboxylic acids is 1. The largest absolute Gasteiger partial charge is 0.469 e. The van der Waals surface area contributed by atoms with Gasteiger partial charge in [-0.25, -0.2) is 4.57 Å². The molecule has 0 aliphatic rings. The van der Waals surface area contributed by atoms with E-state index in [1.165, 1.54) is 109 Å². The minimum absolute atomic E-state index is 0. The lowest BCUT2D eigenvalue weighted by Crippen LogP contribution is -2.45. The van der Waals surface area contributed by atoms with Crippen LogP contribution >= 0.6 is 7.82 Å². The lowest BCUT2D eigenvalue weighted by Gasteiger charge is -2.22. The smallest absolute Gasteiger partial charge is 0.387 e. The van der Waals surface area contributed by atoms with Crippen molar-refractivity contribution in [2.45, 2.75) is 193 Å². The van der Waals surface area contributed by atoms with Gasteiger partial charge in [0.1, 0.15) is 0 Å². The van der Waals surface area contributed by atoms with Crippen LogP contribution in [0, 0.1) is 0 Å². The number of aliphatic hydroxyl groups excluding tert-OH is 1. The van der Waals surface area contributed by atoms with E-state index in [0.29, 0.717) is 6.42 Å². The third kappa shape index (κ3) is 37.4. The number of carbonyl (C=O) groups is 1. The second-order valence-electron chi connectivity index (χ2n) is 12.5. The maximum Gasteiger partial charge on any atom is 0.469 e. The number of unbranched alkanes of at least 4 members (excludes halogenated alkanes) is 22. The quantitative estimate of drug-likeness (QED) is 0.0225. The molecule has 0 unspecified atom stereocenters. The Bertz CT molecular complexity index is 747. The molecule has 276 valence electrons. The Labute approximate surface area is 283 Å². The molecule has 0 aromatic heterocycles. The van der Waals surface area contributed by atoms with Gasteiger partial charge in [-0.15, -0.1) is 0 Å².